The van der Waals surface area contributed by atoms with Crippen LogP contribution >= 0.6 is 0 Å². The van der Waals surface area contributed by atoms with Gasteiger partial charge in [0.15, 0.2) is 6.29 Å². The topological polar surface area (TPSA) is 40.5 Å². The lowest BCUT2D eigenvalue weighted by molar-refractivity contribution is -0.0730. The molecule has 9 heavy (non-hydrogen) atoms. The summed E-state index contributed by atoms with van der Waals surface area (Å²) in [5.41, 5.74) is 0. The van der Waals surface area contributed by atoms with Crippen LogP contribution in [0, 0.1) is 5.92 Å². The molecule has 0 unspecified atom stereocenters. The largest absolute Gasteiger partial charge is 0.368 e. The monoisotopic (exact) mass is 128 g/mol. The van der Waals surface area contributed by atoms with E-state index in [1.54, 1.807) is 0 Å². The molecule has 0 saturated carbocycles. The molecule has 0 amide bonds. The van der Waals surface area contributed by atoms with E-state index in [0.717, 1.165) is 19.3 Å². The van der Waals surface area contributed by atoms with Gasteiger partial charge in [0.25, 0.3) is 0 Å². The highest BCUT2D eigenvalue weighted by atomic mass is 16.5. The van der Waals surface area contributed by atoms with Crippen LogP contribution in [0.3, 0.4) is 0 Å². The first-order valence-electron chi connectivity index (χ1n) is 3.33. The molecule has 0 aromatic heterocycles. The minimum atomic E-state index is -1.15. The molecule has 0 aromatic rings. The summed E-state index contributed by atoms with van der Waals surface area (Å²) in [5.74, 6) is -0.0150. The first-order valence-corrected chi connectivity index (χ1v) is 3.33. The van der Waals surface area contributed by atoms with E-state index < -0.39 is 6.29 Å². The Balaban J connectivity index is 2.40. The molecule has 0 fully saturated rings. The molecule has 1 rings (SSSR count). The van der Waals surface area contributed by atoms with E-state index in [1.807, 2.05) is 12.2 Å². The maximum Gasteiger partial charge on any atom is 0.157 e. The second-order valence-corrected chi connectivity index (χ2v) is 2.44. The Labute approximate surface area is 54.8 Å². The Bertz CT molecular complexity index is 107. The zero-order valence-electron chi connectivity index (χ0n) is 5.33. The van der Waals surface area contributed by atoms with E-state index in [0.29, 0.717) is 0 Å². The molecule has 52 valence electrons. The van der Waals surface area contributed by atoms with Gasteiger partial charge in [-0.15, -0.1) is 0 Å². The van der Waals surface area contributed by atoms with E-state index in [1.165, 1.54) is 0 Å². The normalized spacial score (nSPS) is 27.2. The van der Waals surface area contributed by atoms with Crippen LogP contribution in [0.5, 0.6) is 0 Å². The number of aliphatic hydroxyl groups is 2. The van der Waals surface area contributed by atoms with E-state index in [4.69, 9.17) is 10.2 Å². The Kier molecular flexibility index (Phi) is 2.25. The summed E-state index contributed by atoms with van der Waals surface area (Å²) in [6, 6.07) is 0. The van der Waals surface area contributed by atoms with Crippen molar-refractivity contribution in [1.29, 1.82) is 0 Å². The van der Waals surface area contributed by atoms with Crippen molar-refractivity contribution in [2.75, 3.05) is 0 Å². The van der Waals surface area contributed by atoms with Crippen molar-refractivity contribution in [3.8, 4) is 0 Å². The Hall–Kier alpha value is -0.340. The average molecular weight is 128 g/mol. The lowest BCUT2D eigenvalue weighted by atomic mass is 9.96. The van der Waals surface area contributed by atoms with Gasteiger partial charge < -0.3 is 10.2 Å². The summed E-state index contributed by atoms with van der Waals surface area (Å²) in [5, 5.41) is 17.4. The first-order chi connectivity index (χ1) is 4.30. The summed E-state index contributed by atoms with van der Waals surface area (Å²) in [6.45, 7) is 0. The zero-order chi connectivity index (χ0) is 6.69. The number of hydrogen-bond donors (Lipinski definition) is 2. The fourth-order valence-corrected chi connectivity index (χ4v) is 1.09. The van der Waals surface area contributed by atoms with E-state index in [9.17, 15) is 0 Å². The predicted octanol–water partition coefficient (Wildman–Crippen LogP) is 0.653. The second kappa shape index (κ2) is 2.99. The van der Waals surface area contributed by atoms with Gasteiger partial charge in [0, 0.05) is 5.92 Å². The number of rotatable bonds is 1. The summed E-state index contributed by atoms with van der Waals surface area (Å²) in [7, 11) is 0. The minimum absolute atomic E-state index is 0.0150. The molecule has 0 spiro atoms. The Morgan fingerprint density at radius 2 is 2.22 bits per heavy atom. The maximum absolute atomic E-state index is 8.68. The summed E-state index contributed by atoms with van der Waals surface area (Å²) < 4.78 is 0. The van der Waals surface area contributed by atoms with Crippen molar-refractivity contribution in [3.05, 3.63) is 12.2 Å². The maximum atomic E-state index is 8.68. The molecule has 2 nitrogen and oxygen atoms in total. The van der Waals surface area contributed by atoms with Crippen LogP contribution in [-0.2, 0) is 0 Å². The fourth-order valence-electron chi connectivity index (χ4n) is 1.09. The lowest BCUT2D eigenvalue weighted by Crippen LogP contribution is -2.18. The summed E-state index contributed by atoms with van der Waals surface area (Å²) >= 11 is 0. The standard InChI is InChI=1S/C7H12O2/c8-7(9)6-4-2-1-3-5-6/h2,4,6-9H,1,3,5H2/t6-/m0/s1. The Morgan fingerprint density at radius 1 is 1.44 bits per heavy atom. The van der Waals surface area contributed by atoms with Gasteiger partial charge in [-0.1, -0.05) is 12.2 Å². The molecule has 0 radical (unpaired) electrons. The van der Waals surface area contributed by atoms with Gasteiger partial charge in [0.2, 0.25) is 0 Å². The summed E-state index contributed by atoms with van der Waals surface area (Å²) in [4.78, 5) is 0. The number of aliphatic hydroxyl groups excluding tert-OH is 1. The quantitative estimate of drug-likeness (QED) is 0.402. The van der Waals surface area contributed by atoms with E-state index >= 15 is 0 Å². The SMILES string of the molecule is OC(O)[C@H]1C=CCCC1. The molecular weight excluding hydrogens is 116 g/mol. The number of allylic oxidation sites excluding steroid dienone is 1. The third-order valence-electron chi connectivity index (χ3n) is 1.67. The fraction of sp³-hybridized carbons (Fsp3) is 0.714. The van der Waals surface area contributed by atoms with Gasteiger partial charge in [-0.2, -0.15) is 0 Å². The highest BCUT2D eigenvalue weighted by molar-refractivity contribution is 4.93. The van der Waals surface area contributed by atoms with Gasteiger partial charge in [-0.05, 0) is 19.3 Å². The molecular formula is C7H12O2. The Morgan fingerprint density at radius 3 is 2.56 bits per heavy atom. The van der Waals surface area contributed by atoms with Gasteiger partial charge in [-0.25, -0.2) is 0 Å². The highest BCUT2D eigenvalue weighted by Gasteiger charge is 2.14. The van der Waals surface area contributed by atoms with Crippen LogP contribution in [0.1, 0.15) is 19.3 Å². The van der Waals surface area contributed by atoms with Crippen molar-refractivity contribution < 1.29 is 10.2 Å². The molecule has 0 saturated heterocycles. The molecule has 1 aliphatic carbocycles. The molecule has 0 heterocycles. The zero-order valence-corrected chi connectivity index (χ0v) is 5.33. The lowest BCUT2D eigenvalue weighted by Gasteiger charge is -2.17. The van der Waals surface area contributed by atoms with Crippen LogP contribution in [0.15, 0.2) is 12.2 Å². The molecule has 2 heteroatoms. The molecule has 2 N–H and O–H groups in total. The molecule has 0 aromatic carbocycles. The van der Waals surface area contributed by atoms with Crippen molar-refractivity contribution in [1.82, 2.24) is 0 Å². The van der Waals surface area contributed by atoms with Crippen LogP contribution in [0.4, 0.5) is 0 Å². The molecule has 0 bridgehead atoms. The highest BCUT2D eigenvalue weighted by Crippen LogP contribution is 2.18. The van der Waals surface area contributed by atoms with Gasteiger partial charge in [-0.3, -0.25) is 0 Å². The van der Waals surface area contributed by atoms with Crippen LogP contribution < -0.4 is 0 Å². The summed E-state index contributed by atoms with van der Waals surface area (Å²) in [6.07, 6.45) is 5.82. The molecule has 1 atom stereocenters. The first kappa shape index (κ1) is 6.78. The van der Waals surface area contributed by atoms with Crippen molar-refractivity contribution in [2.45, 2.75) is 25.6 Å². The molecule has 0 aliphatic heterocycles. The third kappa shape index (κ3) is 1.80. The minimum Gasteiger partial charge on any atom is -0.368 e. The van der Waals surface area contributed by atoms with E-state index in [-0.39, 0.29) is 5.92 Å². The third-order valence-corrected chi connectivity index (χ3v) is 1.67. The van der Waals surface area contributed by atoms with Crippen LogP contribution in [0.2, 0.25) is 0 Å². The number of hydrogen-bond acceptors (Lipinski definition) is 2. The van der Waals surface area contributed by atoms with Crippen molar-refractivity contribution in [2.24, 2.45) is 5.92 Å². The molecule has 1 aliphatic rings. The van der Waals surface area contributed by atoms with Gasteiger partial charge in [0.05, 0.1) is 0 Å². The van der Waals surface area contributed by atoms with Gasteiger partial charge in [0.1, 0.15) is 0 Å². The van der Waals surface area contributed by atoms with Gasteiger partial charge >= 0.3 is 0 Å². The van der Waals surface area contributed by atoms with E-state index in [2.05, 4.69) is 0 Å². The predicted molar refractivity (Wildman–Crippen MR) is 34.7 cm³/mol. The second-order valence-electron chi connectivity index (χ2n) is 2.44. The smallest absolute Gasteiger partial charge is 0.157 e. The van der Waals surface area contributed by atoms with Crippen LogP contribution in [0.25, 0.3) is 0 Å². The van der Waals surface area contributed by atoms with Crippen LogP contribution in [-0.4, -0.2) is 16.5 Å². The van der Waals surface area contributed by atoms with Crippen molar-refractivity contribution in [3.63, 3.8) is 0 Å². The average Bonchev–Trinajstić information content (AvgIpc) is 1.90. The van der Waals surface area contributed by atoms with Crippen molar-refractivity contribution >= 4 is 0 Å².